The van der Waals surface area contributed by atoms with Crippen LogP contribution in [0.4, 0.5) is 11.4 Å². The van der Waals surface area contributed by atoms with Gasteiger partial charge in [0.25, 0.3) is 0 Å². The van der Waals surface area contributed by atoms with Gasteiger partial charge >= 0.3 is 0 Å². The number of amidine groups is 2. The van der Waals surface area contributed by atoms with Crippen LogP contribution in [0.1, 0.15) is 12.8 Å². The molecule has 0 atom stereocenters. The molecule has 0 radical (unpaired) electrons. The highest BCUT2D eigenvalue weighted by Crippen LogP contribution is 2.30. The van der Waals surface area contributed by atoms with Gasteiger partial charge in [-0.15, -0.1) is 0 Å². The van der Waals surface area contributed by atoms with Gasteiger partial charge in [-0.05, 0) is 43.0 Å². The van der Waals surface area contributed by atoms with Crippen molar-refractivity contribution in [3.63, 3.8) is 0 Å². The normalized spacial score (nSPS) is 19.9. The topological polar surface area (TPSA) is 55.3 Å². The molecule has 136 valence electrons. The molecule has 3 rings (SSSR count). The molecule has 0 bridgehead atoms. The molecule has 25 heavy (non-hydrogen) atoms. The molecule has 2 fully saturated rings. The van der Waals surface area contributed by atoms with E-state index in [9.17, 15) is 0 Å². The fraction of sp³-hybridized carbons (Fsp3) is 0.579. The molecular weight excluding hydrogens is 312 g/mol. The number of benzene rings is 1. The summed E-state index contributed by atoms with van der Waals surface area (Å²) in [6.07, 6.45) is 2.88. The van der Waals surface area contributed by atoms with E-state index in [0.29, 0.717) is 0 Å². The summed E-state index contributed by atoms with van der Waals surface area (Å²) in [4.78, 5) is 13.6. The van der Waals surface area contributed by atoms with Gasteiger partial charge < -0.3 is 15.5 Å². The van der Waals surface area contributed by atoms with Gasteiger partial charge in [0.15, 0.2) is 11.7 Å². The lowest BCUT2D eigenvalue weighted by Gasteiger charge is -2.36. The van der Waals surface area contributed by atoms with Crippen molar-refractivity contribution in [1.29, 1.82) is 0 Å². The van der Waals surface area contributed by atoms with Crippen molar-refractivity contribution in [2.24, 2.45) is 15.9 Å². The van der Waals surface area contributed by atoms with E-state index >= 15 is 0 Å². The summed E-state index contributed by atoms with van der Waals surface area (Å²) in [6, 6.07) is 8.60. The van der Waals surface area contributed by atoms with Crippen LogP contribution in [0.25, 0.3) is 0 Å². The monoisotopic (exact) mass is 342 g/mol. The molecule has 1 aromatic rings. The minimum absolute atomic E-state index is 0.742. The molecule has 6 heteroatoms. The van der Waals surface area contributed by atoms with Gasteiger partial charge in [0, 0.05) is 65.2 Å². The van der Waals surface area contributed by atoms with E-state index in [1.165, 1.54) is 38.2 Å². The highest BCUT2D eigenvalue weighted by Gasteiger charge is 2.26. The van der Waals surface area contributed by atoms with Crippen LogP contribution in [0.5, 0.6) is 0 Å². The Balaban J connectivity index is 1.55. The number of anilines is 2. The average molecular weight is 342 g/mol. The third kappa shape index (κ3) is 4.72. The van der Waals surface area contributed by atoms with Crippen LogP contribution in [-0.4, -0.2) is 70.4 Å². The number of aliphatic imine (C=N–C) groups is 2. The fourth-order valence-corrected chi connectivity index (χ4v) is 3.30. The second kappa shape index (κ2) is 8.34. The summed E-state index contributed by atoms with van der Waals surface area (Å²) in [6.45, 7) is 5.91. The number of hydrogen-bond donors (Lipinski definition) is 2. The molecule has 2 aliphatic rings. The van der Waals surface area contributed by atoms with E-state index in [-0.39, 0.29) is 0 Å². The van der Waals surface area contributed by atoms with E-state index in [1.807, 2.05) is 7.05 Å². The molecule has 6 nitrogen and oxygen atoms in total. The SMILES string of the molecule is CN=C(NC)C(=NC)Nc1ccc(N2CCN(CC3CC3)CC2)cc1. The predicted molar refractivity (Wildman–Crippen MR) is 107 cm³/mol. The Bertz CT molecular complexity index is 609. The lowest BCUT2D eigenvalue weighted by Crippen LogP contribution is -2.47. The molecule has 0 spiro atoms. The lowest BCUT2D eigenvalue weighted by molar-refractivity contribution is 0.248. The maximum atomic E-state index is 4.27. The van der Waals surface area contributed by atoms with Crippen LogP contribution in [-0.2, 0) is 0 Å². The molecule has 2 N–H and O–H groups in total. The zero-order valence-electron chi connectivity index (χ0n) is 15.6. The average Bonchev–Trinajstić information content (AvgIpc) is 3.47. The smallest absolute Gasteiger partial charge is 0.168 e. The Hall–Kier alpha value is -2.08. The van der Waals surface area contributed by atoms with Gasteiger partial charge in [-0.1, -0.05) is 0 Å². The molecule has 1 saturated carbocycles. The first-order chi connectivity index (χ1) is 12.2. The molecule has 0 aromatic heterocycles. The first kappa shape index (κ1) is 17.7. The molecule has 1 aliphatic heterocycles. The van der Waals surface area contributed by atoms with Gasteiger partial charge in [-0.25, -0.2) is 0 Å². The minimum Gasteiger partial charge on any atom is -0.370 e. The molecule has 1 aromatic carbocycles. The van der Waals surface area contributed by atoms with Crippen LogP contribution in [0.2, 0.25) is 0 Å². The van der Waals surface area contributed by atoms with Crippen molar-refractivity contribution in [1.82, 2.24) is 10.2 Å². The Morgan fingerprint density at radius 1 is 1.00 bits per heavy atom. The summed E-state index contributed by atoms with van der Waals surface area (Å²) in [5.74, 6) is 2.48. The van der Waals surface area contributed by atoms with Crippen molar-refractivity contribution in [2.75, 3.05) is 64.1 Å². The zero-order valence-corrected chi connectivity index (χ0v) is 15.6. The summed E-state index contributed by atoms with van der Waals surface area (Å²) < 4.78 is 0. The quantitative estimate of drug-likeness (QED) is 0.648. The van der Waals surface area contributed by atoms with E-state index < -0.39 is 0 Å². The molecular formula is C19H30N6. The summed E-state index contributed by atoms with van der Waals surface area (Å²) in [5, 5.41) is 6.38. The van der Waals surface area contributed by atoms with E-state index in [1.54, 1.807) is 14.1 Å². The first-order valence-corrected chi connectivity index (χ1v) is 9.19. The van der Waals surface area contributed by atoms with Crippen molar-refractivity contribution in [3.05, 3.63) is 24.3 Å². The number of nitrogens with one attached hydrogen (secondary N) is 2. The van der Waals surface area contributed by atoms with Gasteiger partial charge in [0.05, 0.1) is 0 Å². The second-order valence-corrected chi connectivity index (χ2v) is 6.80. The van der Waals surface area contributed by atoms with Crippen molar-refractivity contribution >= 4 is 23.0 Å². The van der Waals surface area contributed by atoms with Crippen LogP contribution < -0.4 is 15.5 Å². The molecule has 0 amide bonds. The van der Waals surface area contributed by atoms with Gasteiger partial charge in [0.2, 0.25) is 0 Å². The second-order valence-electron chi connectivity index (χ2n) is 6.80. The van der Waals surface area contributed by atoms with E-state index in [2.05, 4.69) is 54.7 Å². The number of nitrogens with zero attached hydrogens (tertiary/aromatic N) is 4. The summed E-state index contributed by atoms with van der Waals surface area (Å²) in [5.41, 5.74) is 2.32. The highest BCUT2D eigenvalue weighted by atomic mass is 15.3. The minimum atomic E-state index is 0.742. The fourth-order valence-electron chi connectivity index (χ4n) is 3.30. The molecule has 1 aliphatic carbocycles. The van der Waals surface area contributed by atoms with Crippen LogP contribution in [0.3, 0.4) is 0 Å². The van der Waals surface area contributed by atoms with Crippen molar-refractivity contribution in [3.8, 4) is 0 Å². The van der Waals surface area contributed by atoms with Gasteiger partial charge in [0.1, 0.15) is 0 Å². The summed E-state index contributed by atoms with van der Waals surface area (Å²) in [7, 11) is 5.37. The molecule has 1 heterocycles. The Morgan fingerprint density at radius 2 is 1.64 bits per heavy atom. The van der Waals surface area contributed by atoms with Crippen LogP contribution in [0, 0.1) is 5.92 Å². The van der Waals surface area contributed by atoms with Crippen LogP contribution >= 0.6 is 0 Å². The zero-order chi connectivity index (χ0) is 17.6. The van der Waals surface area contributed by atoms with Gasteiger partial charge in [-0.3, -0.25) is 14.9 Å². The molecule has 1 saturated heterocycles. The Kier molecular flexibility index (Phi) is 5.91. The third-order valence-corrected chi connectivity index (χ3v) is 4.99. The van der Waals surface area contributed by atoms with Gasteiger partial charge in [-0.2, -0.15) is 0 Å². The molecule has 0 unspecified atom stereocenters. The van der Waals surface area contributed by atoms with Crippen molar-refractivity contribution in [2.45, 2.75) is 12.8 Å². The maximum Gasteiger partial charge on any atom is 0.168 e. The Morgan fingerprint density at radius 3 is 2.16 bits per heavy atom. The number of hydrogen-bond acceptors (Lipinski definition) is 4. The summed E-state index contributed by atoms with van der Waals surface area (Å²) >= 11 is 0. The maximum absolute atomic E-state index is 4.27. The van der Waals surface area contributed by atoms with E-state index in [4.69, 9.17) is 0 Å². The number of piperazine rings is 1. The highest BCUT2D eigenvalue weighted by molar-refractivity contribution is 6.44. The third-order valence-electron chi connectivity index (χ3n) is 4.99. The number of rotatable bonds is 4. The first-order valence-electron chi connectivity index (χ1n) is 9.19. The standard InChI is InChI=1S/C19H30N6/c1-20-18(21-2)19(22-3)23-16-6-8-17(9-7-16)25-12-10-24(11-13-25)14-15-4-5-15/h6-9,15H,4-5,10-14H2,1-3H3,(H,20,21)(H,22,23). The van der Waals surface area contributed by atoms with Crippen molar-refractivity contribution < 1.29 is 0 Å². The largest absolute Gasteiger partial charge is 0.370 e. The van der Waals surface area contributed by atoms with Crippen LogP contribution in [0.15, 0.2) is 34.3 Å². The Labute approximate surface area is 151 Å². The lowest BCUT2D eigenvalue weighted by atomic mass is 10.2. The predicted octanol–water partition coefficient (Wildman–Crippen LogP) is 1.91. The number of likely N-dealkylation sites (N-methyl/N-ethyl adjacent to an activating group) is 1. The van der Waals surface area contributed by atoms with E-state index in [0.717, 1.165) is 36.4 Å².